The Labute approximate surface area is 155 Å². The molecule has 8 heteroatoms. The Morgan fingerprint density at radius 2 is 2.00 bits per heavy atom. The van der Waals surface area contributed by atoms with E-state index in [1.807, 2.05) is 45.0 Å². The predicted molar refractivity (Wildman–Crippen MR) is 102 cm³/mol. The van der Waals surface area contributed by atoms with Gasteiger partial charge < -0.3 is 9.84 Å². The van der Waals surface area contributed by atoms with Crippen LogP contribution in [0.1, 0.15) is 38.6 Å². The van der Waals surface area contributed by atoms with Crippen LogP contribution in [0, 0.1) is 0 Å². The fourth-order valence-electron chi connectivity index (χ4n) is 2.64. The van der Waals surface area contributed by atoms with E-state index in [0.717, 1.165) is 11.3 Å². The molecule has 1 aromatic carbocycles. The number of sulfonamides is 1. The Hall–Kier alpha value is -0.800. The maximum atomic E-state index is 12.1. The number of aliphatic hydroxyl groups excluding tert-OH is 1. The van der Waals surface area contributed by atoms with E-state index < -0.39 is 22.4 Å². The molecule has 0 aromatic heterocycles. The zero-order chi connectivity index (χ0) is 18.8. The molecule has 0 aliphatic carbocycles. The smallest absolute Gasteiger partial charge is 0.212 e. The summed E-state index contributed by atoms with van der Waals surface area (Å²) < 4.78 is 31.7. The molecule has 3 atom stereocenters. The van der Waals surface area contributed by atoms with Gasteiger partial charge in [-0.3, -0.25) is 5.32 Å². The molecule has 1 fully saturated rings. The SMILES string of the molecule is CC(O)C(NC(C)(C)C)Oc1ccccc1C1SCCN1S(C)(=O)=O. The van der Waals surface area contributed by atoms with E-state index >= 15 is 0 Å². The van der Waals surface area contributed by atoms with E-state index in [0.29, 0.717) is 12.3 Å². The summed E-state index contributed by atoms with van der Waals surface area (Å²) in [5.74, 6) is 1.32. The maximum Gasteiger partial charge on any atom is 0.212 e. The third-order valence-corrected chi connectivity index (χ3v) is 6.35. The second kappa shape index (κ2) is 7.84. The lowest BCUT2D eigenvalue weighted by molar-refractivity contribution is 0.0105. The van der Waals surface area contributed by atoms with Crippen molar-refractivity contribution in [2.75, 3.05) is 18.6 Å². The normalized spacial score (nSPS) is 21.9. The fraction of sp³-hybridized carbons (Fsp3) is 0.647. The first-order valence-electron chi connectivity index (χ1n) is 8.29. The van der Waals surface area contributed by atoms with Gasteiger partial charge in [-0.15, -0.1) is 11.8 Å². The highest BCUT2D eigenvalue weighted by atomic mass is 32.2. The number of rotatable bonds is 6. The first-order chi connectivity index (χ1) is 11.5. The first kappa shape index (κ1) is 20.5. The van der Waals surface area contributed by atoms with Crippen LogP contribution in [0.2, 0.25) is 0 Å². The van der Waals surface area contributed by atoms with Crippen LogP contribution in [-0.2, 0) is 10.0 Å². The van der Waals surface area contributed by atoms with Crippen molar-refractivity contribution in [1.82, 2.24) is 9.62 Å². The molecule has 6 nitrogen and oxygen atoms in total. The van der Waals surface area contributed by atoms with Crippen LogP contribution in [0.25, 0.3) is 0 Å². The van der Waals surface area contributed by atoms with Crippen molar-refractivity contribution in [2.24, 2.45) is 0 Å². The molecule has 0 radical (unpaired) electrons. The molecule has 2 rings (SSSR count). The lowest BCUT2D eigenvalue weighted by atomic mass is 10.1. The monoisotopic (exact) mass is 388 g/mol. The number of hydrogen-bond acceptors (Lipinski definition) is 6. The molecule has 25 heavy (non-hydrogen) atoms. The van der Waals surface area contributed by atoms with Crippen LogP contribution in [0.5, 0.6) is 5.75 Å². The minimum absolute atomic E-state index is 0.239. The summed E-state index contributed by atoms with van der Waals surface area (Å²) in [4.78, 5) is 0. The molecular formula is C17H28N2O4S2. The number of hydrogen-bond donors (Lipinski definition) is 2. The van der Waals surface area contributed by atoms with E-state index in [9.17, 15) is 13.5 Å². The second-order valence-electron chi connectivity index (χ2n) is 7.31. The quantitative estimate of drug-likeness (QED) is 0.727. The van der Waals surface area contributed by atoms with Crippen molar-refractivity contribution < 1.29 is 18.3 Å². The van der Waals surface area contributed by atoms with Gasteiger partial charge in [-0.25, -0.2) is 8.42 Å². The summed E-state index contributed by atoms with van der Waals surface area (Å²) in [6.45, 7) is 8.14. The Balaban J connectivity index is 2.31. The summed E-state index contributed by atoms with van der Waals surface area (Å²) in [5.41, 5.74) is 0.564. The number of benzene rings is 1. The molecule has 1 aromatic rings. The summed E-state index contributed by atoms with van der Waals surface area (Å²) in [6.07, 6.45) is -0.0940. The third-order valence-electron chi connectivity index (χ3n) is 3.73. The number of aliphatic hydroxyl groups is 1. The van der Waals surface area contributed by atoms with Crippen LogP contribution >= 0.6 is 11.8 Å². The lowest BCUT2D eigenvalue weighted by Gasteiger charge is -2.32. The van der Waals surface area contributed by atoms with E-state index in [1.54, 1.807) is 18.7 Å². The van der Waals surface area contributed by atoms with Gasteiger partial charge in [0.1, 0.15) is 11.9 Å². The van der Waals surface area contributed by atoms with Gasteiger partial charge in [0, 0.05) is 23.4 Å². The lowest BCUT2D eigenvalue weighted by Crippen LogP contribution is -2.51. The molecule has 0 saturated carbocycles. The maximum absolute atomic E-state index is 12.1. The molecule has 1 aliphatic rings. The van der Waals surface area contributed by atoms with Crippen molar-refractivity contribution in [3.63, 3.8) is 0 Å². The molecule has 0 spiro atoms. The summed E-state index contributed by atoms with van der Waals surface area (Å²) in [5, 5.41) is 13.0. The van der Waals surface area contributed by atoms with Crippen molar-refractivity contribution >= 4 is 21.8 Å². The number of nitrogens with one attached hydrogen (secondary N) is 1. The average Bonchev–Trinajstić information content (AvgIpc) is 2.95. The van der Waals surface area contributed by atoms with E-state index in [4.69, 9.17) is 4.74 Å². The molecule has 3 unspecified atom stereocenters. The Morgan fingerprint density at radius 1 is 1.36 bits per heavy atom. The predicted octanol–water partition coefficient (Wildman–Crippen LogP) is 2.17. The summed E-state index contributed by atoms with van der Waals surface area (Å²) in [7, 11) is -3.30. The molecule has 1 aliphatic heterocycles. The minimum Gasteiger partial charge on any atom is -0.472 e. The van der Waals surface area contributed by atoms with Crippen LogP contribution in [0.4, 0.5) is 0 Å². The van der Waals surface area contributed by atoms with Crippen LogP contribution in [-0.4, -0.2) is 54.3 Å². The van der Waals surface area contributed by atoms with E-state index in [-0.39, 0.29) is 10.9 Å². The number of ether oxygens (including phenoxy) is 1. The molecule has 142 valence electrons. The van der Waals surface area contributed by atoms with Crippen molar-refractivity contribution in [1.29, 1.82) is 0 Å². The van der Waals surface area contributed by atoms with Crippen molar-refractivity contribution in [3.8, 4) is 5.75 Å². The molecule has 1 heterocycles. The largest absolute Gasteiger partial charge is 0.472 e. The Bertz CT molecular complexity index is 686. The Kier molecular flexibility index (Phi) is 6.43. The molecule has 2 N–H and O–H groups in total. The number of para-hydroxylation sites is 1. The van der Waals surface area contributed by atoms with E-state index in [2.05, 4.69) is 5.32 Å². The first-order valence-corrected chi connectivity index (χ1v) is 11.2. The zero-order valence-electron chi connectivity index (χ0n) is 15.4. The molecular weight excluding hydrogens is 360 g/mol. The molecule has 0 bridgehead atoms. The highest BCUT2D eigenvalue weighted by Gasteiger charge is 2.35. The van der Waals surface area contributed by atoms with Gasteiger partial charge in [0.15, 0.2) is 6.23 Å². The molecule has 0 amide bonds. The van der Waals surface area contributed by atoms with Crippen LogP contribution in [0.3, 0.4) is 0 Å². The van der Waals surface area contributed by atoms with Gasteiger partial charge in [0.05, 0.1) is 11.6 Å². The van der Waals surface area contributed by atoms with Crippen LogP contribution in [0.15, 0.2) is 24.3 Å². The van der Waals surface area contributed by atoms with Crippen molar-refractivity contribution in [3.05, 3.63) is 29.8 Å². The average molecular weight is 389 g/mol. The van der Waals surface area contributed by atoms with Crippen LogP contribution < -0.4 is 10.1 Å². The highest BCUT2D eigenvalue weighted by molar-refractivity contribution is 8.00. The standard InChI is InChI=1S/C17H28N2O4S2/c1-12(20)15(18-17(2,3)4)23-14-9-7-6-8-13(14)16-19(10-11-24-16)25(5,21)22/h6-9,12,15-16,18,20H,10-11H2,1-5H3. The minimum atomic E-state index is -3.30. The second-order valence-corrected chi connectivity index (χ2v) is 10.4. The van der Waals surface area contributed by atoms with Gasteiger partial charge >= 0.3 is 0 Å². The van der Waals surface area contributed by atoms with E-state index in [1.165, 1.54) is 10.6 Å². The highest BCUT2D eigenvalue weighted by Crippen LogP contribution is 2.43. The van der Waals surface area contributed by atoms with Gasteiger partial charge in [-0.05, 0) is 33.8 Å². The Morgan fingerprint density at radius 3 is 2.56 bits per heavy atom. The molecule has 1 saturated heterocycles. The third kappa shape index (κ3) is 5.59. The fourth-order valence-corrected chi connectivity index (χ4v) is 5.47. The van der Waals surface area contributed by atoms with Crippen molar-refractivity contribution in [2.45, 2.75) is 50.9 Å². The van der Waals surface area contributed by atoms with Gasteiger partial charge in [-0.1, -0.05) is 18.2 Å². The van der Waals surface area contributed by atoms with Gasteiger partial charge in [0.25, 0.3) is 0 Å². The van der Waals surface area contributed by atoms with Gasteiger partial charge in [0.2, 0.25) is 10.0 Å². The summed E-state index contributed by atoms with van der Waals surface area (Å²) in [6, 6.07) is 7.41. The summed E-state index contributed by atoms with van der Waals surface area (Å²) >= 11 is 1.58. The number of nitrogens with zero attached hydrogens (tertiary/aromatic N) is 1. The number of thioether (sulfide) groups is 1. The topological polar surface area (TPSA) is 78.9 Å². The zero-order valence-corrected chi connectivity index (χ0v) is 17.0. The van der Waals surface area contributed by atoms with Gasteiger partial charge in [-0.2, -0.15) is 4.31 Å².